The van der Waals surface area contributed by atoms with Gasteiger partial charge in [-0.1, -0.05) is 18.9 Å². The van der Waals surface area contributed by atoms with Crippen LogP contribution in [-0.4, -0.2) is 30.2 Å². The van der Waals surface area contributed by atoms with E-state index in [1.165, 1.54) is 25.7 Å². The third-order valence-corrected chi connectivity index (χ3v) is 6.18. The molecule has 1 aliphatic carbocycles. The van der Waals surface area contributed by atoms with Gasteiger partial charge in [-0.2, -0.15) is 0 Å². The Bertz CT molecular complexity index is 1040. The van der Waals surface area contributed by atoms with Crippen molar-refractivity contribution in [3.63, 3.8) is 0 Å². The molecule has 0 radical (unpaired) electrons. The summed E-state index contributed by atoms with van der Waals surface area (Å²) in [6.45, 7) is 1.58. The van der Waals surface area contributed by atoms with Crippen molar-refractivity contribution in [2.24, 2.45) is 0 Å². The lowest BCUT2D eigenvalue weighted by Gasteiger charge is -2.33. The SMILES string of the molecule is O=C1/C(=C/c2ccc3c(c2)OCO3)Oc2c1ccc1c2CN(C2CCCC2)CO1. The zero-order valence-electron chi connectivity index (χ0n) is 16.0. The monoisotopic (exact) mass is 391 g/mol. The number of ether oxygens (including phenoxy) is 4. The fourth-order valence-electron chi connectivity index (χ4n) is 4.63. The van der Waals surface area contributed by atoms with Crippen LogP contribution in [0.5, 0.6) is 23.0 Å². The first-order valence-electron chi connectivity index (χ1n) is 10.1. The second-order valence-electron chi connectivity index (χ2n) is 7.93. The molecule has 148 valence electrons. The number of rotatable bonds is 2. The third-order valence-electron chi connectivity index (χ3n) is 6.18. The van der Waals surface area contributed by atoms with Crippen LogP contribution in [0.4, 0.5) is 0 Å². The van der Waals surface area contributed by atoms with E-state index in [1.807, 2.05) is 30.3 Å². The normalized spacial score (nSPS) is 21.8. The lowest BCUT2D eigenvalue weighted by Crippen LogP contribution is -2.39. The van der Waals surface area contributed by atoms with E-state index in [-0.39, 0.29) is 12.6 Å². The lowest BCUT2D eigenvalue weighted by molar-refractivity contribution is 0.0567. The summed E-state index contributed by atoms with van der Waals surface area (Å²) >= 11 is 0. The Balaban J connectivity index is 1.32. The fraction of sp³-hybridized carbons (Fsp3) is 0.348. The van der Waals surface area contributed by atoms with Gasteiger partial charge in [0.2, 0.25) is 12.6 Å². The minimum absolute atomic E-state index is 0.0987. The molecule has 0 N–H and O–H groups in total. The van der Waals surface area contributed by atoms with Crippen LogP contribution in [0.1, 0.15) is 47.2 Å². The fourth-order valence-corrected chi connectivity index (χ4v) is 4.63. The molecule has 0 aromatic heterocycles. The van der Waals surface area contributed by atoms with E-state index in [2.05, 4.69) is 4.90 Å². The molecule has 0 atom stereocenters. The number of allylic oxidation sites excluding steroid dienone is 1. The highest BCUT2D eigenvalue weighted by Gasteiger charge is 2.35. The van der Waals surface area contributed by atoms with Gasteiger partial charge in [0.15, 0.2) is 17.3 Å². The number of carbonyl (C=O) groups excluding carboxylic acids is 1. The maximum atomic E-state index is 13.0. The molecule has 4 aliphatic rings. The van der Waals surface area contributed by atoms with Crippen molar-refractivity contribution in [3.05, 3.63) is 52.8 Å². The number of hydrogen-bond donors (Lipinski definition) is 0. The Labute approximate surface area is 168 Å². The second-order valence-corrected chi connectivity index (χ2v) is 7.93. The van der Waals surface area contributed by atoms with Gasteiger partial charge in [0.25, 0.3) is 0 Å². The minimum Gasteiger partial charge on any atom is -0.478 e. The van der Waals surface area contributed by atoms with Gasteiger partial charge in [0, 0.05) is 12.6 Å². The van der Waals surface area contributed by atoms with Crippen molar-refractivity contribution < 1.29 is 23.7 Å². The summed E-state index contributed by atoms with van der Waals surface area (Å²) in [6, 6.07) is 9.85. The lowest BCUT2D eigenvalue weighted by atomic mass is 10.0. The summed E-state index contributed by atoms with van der Waals surface area (Å²) in [5.74, 6) is 3.08. The topological polar surface area (TPSA) is 57.2 Å². The first kappa shape index (κ1) is 16.9. The van der Waals surface area contributed by atoms with Gasteiger partial charge in [-0.3, -0.25) is 9.69 Å². The predicted molar refractivity (Wildman–Crippen MR) is 105 cm³/mol. The number of ketones is 1. The molecule has 2 aromatic rings. The Kier molecular flexibility index (Phi) is 3.81. The van der Waals surface area contributed by atoms with Crippen LogP contribution in [0.3, 0.4) is 0 Å². The molecule has 6 nitrogen and oxygen atoms in total. The van der Waals surface area contributed by atoms with Crippen molar-refractivity contribution in [1.29, 1.82) is 0 Å². The van der Waals surface area contributed by atoms with E-state index < -0.39 is 0 Å². The number of Topliss-reactive ketones (excluding diaryl/α,β-unsaturated/α-hetero) is 1. The van der Waals surface area contributed by atoms with Crippen LogP contribution in [0, 0.1) is 0 Å². The minimum atomic E-state index is -0.0987. The first-order chi connectivity index (χ1) is 14.3. The Morgan fingerprint density at radius 2 is 1.79 bits per heavy atom. The maximum Gasteiger partial charge on any atom is 0.231 e. The zero-order chi connectivity index (χ0) is 19.4. The van der Waals surface area contributed by atoms with Gasteiger partial charge >= 0.3 is 0 Å². The summed E-state index contributed by atoms with van der Waals surface area (Å²) in [5, 5.41) is 0. The van der Waals surface area contributed by atoms with E-state index in [0.717, 1.165) is 23.4 Å². The van der Waals surface area contributed by atoms with Crippen molar-refractivity contribution in [2.45, 2.75) is 38.3 Å². The van der Waals surface area contributed by atoms with Crippen molar-refractivity contribution >= 4 is 11.9 Å². The second kappa shape index (κ2) is 6.52. The van der Waals surface area contributed by atoms with E-state index >= 15 is 0 Å². The van der Waals surface area contributed by atoms with Crippen molar-refractivity contribution in [1.82, 2.24) is 4.90 Å². The van der Waals surface area contributed by atoms with Crippen molar-refractivity contribution in [2.75, 3.05) is 13.5 Å². The molecular weight excluding hydrogens is 370 g/mol. The molecule has 0 bridgehead atoms. The molecule has 1 saturated carbocycles. The summed E-state index contributed by atoms with van der Waals surface area (Å²) in [7, 11) is 0. The van der Waals surface area contributed by atoms with E-state index in [1.54, 1.807) is 6.08 Å². The number of hydrogen-bond acceptors (Lipinski definition) is 6. The number of carbonyl (C=O) groups is 1. The average Bonchev–Trinajstić information content (AvgIpc) is 3.49. The van der Waals surface area contributed by atoms with Crippen LogP contribution in [0.2, 0.25) is 0 Å². The number of fused-ring (bicyclic) bond motifs is 4. The van der Waals surface area contributed by atoms with Gasteiger partial charge < -0.3 is 18.9 Å². The van der Waals surface area contributed by atoms with Gasteiger partial charge in [-0.25, -0.2) is 0 Å². The standard InChI is InChI=1S/C23H21NO5/c25-22-16-6-8-18-17(11-24(12-26-18)15-3-1-2-4-15)23(16)29-21(22)10-14-5-7-19-20(9-14)28-13-27-19/h5-10,15H,1-4,11-13H2/b21-10-. The summed E-state index contributed by atoms with van der Waals surface area (Å²) in [5.41, 5.74) is 2.42. The first-order valence-corrected chi connectivity index (χ1v) is 10.1. The summed E-state index contributed by atoms with van der Waals surface area (Å²) in [6.07, 6.45) is 6.73. The largest absolute Gasteiger partial charge is 0.478 e. The van der Waals surface area contributed by atoms with E-state index in [4.69, 9.17) is 18.9 Å². The molecule has 0 spiro atoms. The highest BCUT2D eigenvalue weighted by Crippen LogP contribution is 2.43. The molecule has 0 saturated heterocycles. The Hall–Kier alpha value is -2.99. The molecule has 3 heterocycles. The van der Waals surface area contributed by atoms with Crippen LogP contribution in [0.15, 0.2) is 36.1 Å². The van der Waals surface area contributed by atoms with Gasteiger partial charge in [0.1, 0.15) is 18.2 Å². The van der Waals surface area contributed by atoms with Crippen LogP contribution in [0.25, 0.3) is 6.08 Å². The molecule has 6 heteroatoms. The zero-order valence-corrected chi connectivity index (χ0v) is 16.0. The van der Waals surface area contributed by atoms with E-state index in [0.29, 0.717) is 41.3 Å². The highest BCUT2D eigenvalue weighted by molar-refractivity contribution is 6.15. The maximum absolute atomic E-state index is 13.0. The summed E-state index contributed by atoms with van der Waals surface area (Å²) < 4.78 is 22.9. The summed E-state index contributed by atoms with van der Waals surface area (Å²) in [4.78, 5) is 15.3. The van der Waals surface area contributed by atoms with Crippen LogP contribution < -0.4 is 18.9 Å². The molecule has 0 unspecified atom stereocenters. The predicted octanol–water partition coefficient (Wildman–Crippen LogP) is 4.13. The molecule has 29 heavy (non-hydrogen) atoms. The Morgan fingerprint density at radius 3 is 2.69 bits per heavy atom. The van der Waals surface area contributed by atoms with Gasteiger partial charge in [0.05, 0.1) is 11.1 Å². The highest BCUT2D eigenvalue weighted by atomic mass is 16.7. The molecule has 1 fully saturated rings. The average molecular weight is 391 g/mol. The van der Waals surface area contributed by atoms with Crippen LogP contribution in [-0.2, 0) is 6.54 Å². The molecule has 0 amide bonds. The third kappa shape index (κ3) is 2.78. The number of benzene rings is 2. The van der Waals surface area contributed by atoms with E-state index in [9.17, 15) is 4.79 Å². The van der Waals surface area contributed by atoms with Gasteiger partial charge in [-0.05, 0) is 48.7 Å². The molecule has 6 rings (SSSR count). The van der Waals surface area contributed by atoms with Crippen LogP contribution >= 0.6 is 0 Å². The van der Waals surface area contributed by atoms with Crippen molar-refractivity contribution in [3.8, 4) is 23.0 Å². The van der Waals surface area contributed by atoms with Gasteiger partial charge in [-0.15, -0.1) is 0 Å². The quantitative estimate of drug-likeness (QED) is 0.718. The number of nitrogens with zero attached hydrogens (tertiary/aromatic N) is 1. The molecule has 2 aromatic carbocycles. The smallest absolute Gasteiger partial charge is 0.231 e. The molecular formula is C23H21NO5. The Morgan fingerprint density at radius 1 is 0.966 bits per heavy atom. The molecule has 3 aliphatic heterocycles.